The molecule has 6 rings (SSSR count). The maximum Gasteiger partial charge on any atom is 0.305 e. The summed E-state index contributed by atoms with van der Waals surface area (Å²) in [6.45, 7) is -1.72. The number of carboxylic acid groups (broad SMARTS) is 2. The van der Waals surface area contributed by atoms with Gasteiger partial charge in [0, 0.05) is 57.2 Å². The molecule has 0 saturated carbocycles. The molecule has 2 fully saturated rings. The third-order valence-electron chi connectivity index (χ3n) is 17.5. The van der Waals surface area contributed by atoms with Crippen LogP contribution >= 0.6 is 0 Å². The Kier molecular flexibility index (Phi) is 37.1. The smallest absolute Gasteiger partial charge is 0.305 e. The van der Waals surface area contributed by atoms with E-state index in [2.05, 4.69) is 95.3 Å². The molecule has 43 heteroatoms. The van der Waals surface area contributed by atoms with E-state index in [1.807, 2.05) is 0 Å². The van der Waals surface area contributed by atoms with Gasteiger partial charge in [0.2, 0.25) is 65.0 Å². The summed E-state index contributed by atoms with van der Waals surface area (Å²) in [6, 6.07) is 12.8. The number of guanidine groups is 2. The molecule has 25 N–H and O–H groups in total. The van der Waals surface area contributed by atoms with Crippen LogP contribution in [0.5, 0.6) is 0 Å². The van der Waals surface area contributed by atoms with E-state index >= 15 is 0 Å². The highest BCUT2D eigenvalue weighted by atomic mass is 32.2. The molecule has 3 aromatic carbocycles. The number of amides is 13. The van der Waals surface area contributed by atoms with Crippen LogP contribution in [0.4, 0.5) is 0 Å². The Labute approximate surface area is 665 Å². The largest absolute Gasteiger partial charge is 0.481 e. The first-order valence-corrected chi connectivity index (χ1v) is 38.2. The zero-order valence-electron chi connectivity index (χ0n) is 62.9. The molecule has 4 aromatic rings. The van der Waals surface area contributed by atoms with Crippen LogP contribution in [0.1, 0.15) is 116 Å². The van der Waals surface area contributed by atoms with Crippen molar-refractivity contribution in [3.63, 3.8) is 0 Å². The summed E-state index contributed by atoms with van der Waals surface area (Å²) in [4.78, 5) is 208. The number of benzene rings is 3. The van der Waals surface area contributed by atoms with Gasteiger partial charge in [-0.15, -0.1) is 0 Å². The van der Waals surface area contributed by atoms with Crippen molar-refractivity contribution in [2.45, 2.75) is 156 Å². The van der Waals surface area contributed by atoms with Gasteiger partial charge in [-0.3, -0.25) is 92.3 Å². The Balaban J connectivity index is 1.21. The first-order chi connectivity index (χ1) is 55.3. The average Bonchev–Trinajstić information content (AvgIpc) is 1.08. The van der Waals surface area contributed by atoms with Crippen molar-refractivity contribution >= 4 is 117 Å². The van der Waals surface area contributed by atoms with E-state index in [9.17, 15) is 95.1 Å². The lowest BCUT2D eigenvalue weighted by atomic mass is 10.0. The molecule has 1 unspecified atom stereocenters. The minimum absolute atomic E-state index is 0.00666. The van der Waals surface area contributed by atoms with Crippen LogP contribution < -0.4 is 96.6 Å². The summed E-state index contributed by atoms with van der Waals surface area (Å²) in [5.41, 5.74) is 14.5. The molecular weight excluding hydrogens is 1540 g/mol. The van der Waals surface area contributed by atoms with Crippen LogP contribution in [-0.4, -0.2) is 223 Å². The van der Waals surface area contributed by atoms with Crippen LogP contribution in [-0.2, 0) is 96.6 Å². The molecule has 0 radical (unpaired) electrons. The van der Waals surface area contributed by atoms with Crippen LogP contribution in [0.2, 0.25) is 0 Å². The summed E-state index contributed by atoms with van der Waals surface area (Å²) in [5.74, 6) is -15.8. The number of carbonyl (C=O) groups is 15. The van der Waals surface area contributed by atoms with Gasteiger partial charge in [-0.05, 0) is 93.5 Å². The first-order valence-electron chi connectivity index (χ1n) is 36.8. The second-order valence-corrected chi connectivity index (χ2v) is 28.0. The van der Waals surface area contributed by atoms with Crippen molar-refractivity contribution in [2.75, 3.05) is 39.3 Å². The van der Waals surface area contributed by atoms with Crippen molar-refractivity contribution < 1.29 is 95.1 Å². The van der Waals surface area contributed by atoms with Gasteiger partial charge in [-0.25, -0.2) is 0 Å². The summed E-state index contributed by atoms with van der Waals surface area (Å²) >= 11 is 0. The second-order valence-electron chi connectivity index (χ2n) is 26.6. The third-order valence-corrected chi connectivity index (χ3v) is 18.4. The van der Waals surface area contributed by atoms with Crippen LogP contribution in [0.3, 0.4) is 0 Å². The number of hydrogen-bond donors (Lipinski definition) is 23. The predicted octanol–water partition coefficient (Wildman–Crippen LogP) is -4.87. The van der Waals surface area contributed by atoms with Crippen molar-refractivity contribution in [2.24, 2.45) is 16.6 Å². The molecule has 2 saturated heterocycles. The molecule has 1 aromatic heterocycles. The fourth-order valence-corrected chi connectivity index (χ4v) is 12.2. The van der Waals surface area contributed by atoms with Gasteiger partial charge in [-0.2, -0.15) is 13.5 Å². The zero-order valence-corrected chi connectivity index (χ0v) is 63.7. The number of allylic oxidation sites excluding steroid dienone is 1. The number of nitrogens with zero attached hydrogens (tertiary/aromatic N) is 2. The summed E-state index contributed by atoms with van der Waals surface area (Å²) in [6.07, 6.45) is 0.574. The Morgan fingerprint density at radius 1 is 0.552 bits per heavy atom. The van der Waals surface area contributed by atoms with E-state index in [0.717, 1.165) is 6.21 Å². The molecule has 116 heavy (non-hydrogen) atoms. The summed E-state index contributed by atoms with van der Waals surface area (Å²) in [5, 5.41) is 76.2. The van der Waals surface area contributed by atoms with Crippen molar-refractivity contribution in [3.05, 3.63) is 143 Å². The van der Waals surface area contributed by atoms with E-state index in [4.69, 9.17) is 22.3 Å². The lowest BCUT2D eigenvalue weighted by Gasteiger charge is -2.26. The first kappa shape index (κ1) is 91.4. The standard InChI is InChI=1S/C73H96N22O20S/c74-72(75)80-31-13-22-47-66(107)90-49(68(109)92-52(33-42-15-3-1-4-16-42)70(111)94-54(35-60(99)100)64(105)83-40-58(97)87-47)20-9-11-29-78-57(96)28-27-51(89-62(103)45-25-26-46(82-37-45)39-86-85-38-44-19-7-8-24-56(44)116(113,114)115)63(104)79-30-12-10-21-50-69(110)93-53(34-43-17-5-2-6-18-43)71(112)95-55(36-61(101)102)65(106)84-41-59(98)88-48(67(108)91-50)23-14-32-81-73(76)77/h1-8,15-19,21,24-26,37-38,47-49,51-55,86H,9-14,20,22-23,27-36,39-41H2,(H,78,96)(H,79,104)(H,83,105)(H,84,106)(H,87,97)(H,88,98)(H,89,103)(H,90,107)(H,91,108)(H,92,109)(H,93,110)(H,94,111)(H,95,112)(H,99,100)(H,101,102)(H4,74,75,80)(H4,76,77,81)(H,113,114,115)/b50-21+,85-38?/t47-,48-,49+,51?,52+,53+,54+,55+/m0/s1. The third kappa shape index (κ3) is 33.1. The predicted molar refractivity (Wildman–Crippen MR) is 413 cm³/mol. The van der Waals surface area contributed by atoms with Gasteiger partial charge in [0.1, 0.15) is 58.9 Å². The number of hydrazone groups is 1. The molecule has 2 aliphatic heterocycles. The molecule has 0 bridgehead atoms. The average molecular weight is 1630 g/mol. The fourth-order valence-electron chi connectivity index (χ4n) is 11.6. The van der Waals surface area contributed by atoms with Gasteiger partial charge in [0.15, 0.2) is 11.9 Å². The second kappa shape index (κ2) is 47.1. The number of pyridine rings is 1. The fraction of sp³-hybridized carbons (Fsp3) is 0.411. The number of rotatable bonds is 36. The highest BCUT2D eigenvalue weighted by Gasteiger charge is 2.36. The minimum Gasteiger partial charge on any atom is -0.481 e. The lowest BCUT2D eigenvalue weighted by molar-refractivity contribution is -0.141. The molecule has 624 valence electrons. The molecule has 8 atom stereocenters. The van der Waals surface area contributed by atoms with Crippen LogP contribution in [0, 0.1) is 10.8 Å². The number of carbonyl (C=O) groups excluding carboxylic acids is 13. The molecule has 13 amide bonds. The van der Waals surface area contributed by atoms with Gasteiger partial charge in [0.25, 0.3) is 21.9 Å². The van der Waals surface area contributed by atoms with E-state index in [-0.39, 0.29) is 132 Å². The normalized spacial score (nSPS) is 19.5. The number of nitrogens with one attached hydrogen (secondary N) is 18. The number of carboxylic acids is 2. The maximum absolute atomic E-state index is 14.4. The molecule has 0 aliphatic carbocycles. The number of aromatic nitrogens is 1. The minimum atomic E-state index is -4.58. The van der Waals surface area contributed by atoms with Gasteiger partial charge < -0.3 is 107 Å². The Morgan fingerprint density at radius 3 is 1.57 bits per heavy atom. The van der Waals surface area contributed by atoms with E-state index in [0.29, 0.717) is 16.8 Å². The number of unbranched alkanes of at least 4 members (excludes halogenated alkanes) is 2. The molecule has 2 aliphatic rings. The monoisotopic (exact) mass is 1630 g/mol. The quantitative estimate of drug-likeness (QED) is 0.00507. The number of aliphatic carboxylic acids is 2. The van der Waals surface area contributed by atoms with Crippen LogP contribution in [0.15, 0.2) is 125 Å². The topological polar surface area (TPSA) is 668 Å². The Morgan fingerprint density at radius 2 is 1.03 bits per heavy atom. The van der Waals surface area contributed by atoms with Crippen molar-refractivity contribution in [1.29, 1.82) is 10.8 Å². The Bertz CT molecular complexity index is 4370. The number of nitrogens with two attached hydrogens (primary N) is 2. The van der Waals surface area contributed by atoms with Crippen LogP contribution in [0.25, 0.3) is 0 Å². The molecule has 3 heterocycles. The summed E-state index contributed by atoms with van der Waals surface area (Å²) in [7, 11) is -4.58. The zero-order chi connectivity index (χ0) is 84.7. The van der Waals surface area contributed by atoms with Crippen molar-refractivity contribution in [1.82, 2.24) is 90.2 Å². The van der Waals surface area contributed by atoms with Crippen molar-refractivity contribution in [3.8, 4) is 0 Å². The van der Waals surface area contributed by atoms with Gasteiger partial charge in [0.05, 0.1) is 49.9 Å². The molecule has 42 nitrogen and oxygen atoms in total. The highest BCUT2D eigenvalue weighted by Crippen LogP contribution is 2.16. The maximum atomic E-state index is 14.4. The molecular formula is C73H96N22O20S. The highest BCUT2D eigenvalue weighted by molar-refractivity contribution is 7.86. The lowest BCUT2D eigenvalue weighted by Crippen LogP contribution is -2.58. The molecule has 0 spiro atoms. The number of hydrogen-bond acceptors (Lipinski definition) is 22. The van der Waals surface area contributed by atoms with Gasteiger partial charge >= 0.3 is 11.9 Å². The van der Waals surface area contributed by atoms with Gasteiger partial charge in [-0.1, -0.05) is 84.9 Å². The van der Waals surface area contributed by atoms with E-state index < -0.39 is 191 Å². The summed E-state index contributed by atoms with van der Waals surface area (Å²) < 4.78 is 33.4. The van der Waals surface area contributed by atoms with E-state index in [1.54, 1.807) is 60.7 Å². The Hall–Kier alpha value is -13.5. The van der Waals surface area contributed by atoms with E-state index in [1.165, 1.54) is 48.7 Å². The SMILES string of the molecule is N=C(N)NCCC[C@@H]1NC(=O)CNC(=O)[C@@H](CC(=O)O)NC(=O)[C@@H](Cc2ccccc2)NC(=O)/C(=C\CCCNC(=O)C(CCC(=O)NCCCC[C@H]2NC(=O)[C@H](CCCNC(=N)N)NC(=O)CNC(=O)[C@@H](CC(=O)O)NC(=O)[C@@H](Cc3ccccc3)NC2=O)NC(=O)c2ccc(CNN=Cc3ccccc3S(=O)(=O)O)nc2)NC1=O.